The average Bonchev–Trinajstić information content (AvgIpc) is 2.89. The maximum Gasteiger partial charge on any atom is 0.318 e. The molecule has 0 amide bonds. The summed E-state index contributed by atoms with van der Waals surface area (Å²) >= 11 is 0. The second-order valence-corrected chi connectivity index (χ2v) is 7.33. The van der Waals surface area contributed by atoms with Gasteiger partial charge < -0.3 is 29.4 Å². The number of carbonyl (C=O) groups excluding carboxylic acids is 3. The Morgan fingerprint density at radius 3 is 2.32 bits per heavy atom. The zero-order valence-corrected chi connectivity index (χ0v) is 17.6. The van der Waals surface area contributed by atoms with Crippen LogP contribution in [-0.4, -0.2) is 45.2 Å². The molecule has 0 spiro atoms. The number of aliphatic carboxylic acids is 2. The predicted molar refractivity (Wildman–Crippen MR) is 106 cm³/mol. The van der Waals surface area contributed by atoms with Gasteiger partial charge in [0.2, 0.25) is 0 Å². The molecule has 164 valence electrons. The van der Waals surface area contributed by atoms with Gasteiger partial charge in [-0.25, -0.2) is 4.98 Å². The summed E-state index contributed by atoms with van der Waals surface area (Å²) in [6.45, 7) is 1.26. The van der Waals surface area contributed by atoms with Gasteiger partial charge >= 0.3 is 5.97 Å². The van der Waals surface area contributed by atoms with E-state index in [4.69, 9.17) is 4.74 Å². The van der Waals surface area contributed by atoms with Crippen LogP contribution in [0.3, 0.4) is 0 Å². The third kappa shape index (κ3) is 7.35. The molecule has 2 aromatic rings. The Morgan fingerprint density at radius 1 is 1.03 bits per heavy atom. The number of carboxylic acid groups (broad SMARTS) is 2. The minimum absolute atomic E-state index is 0.151. The van der Waals surface area contributed by atoms with Gasteiger partial charge in [-0.3, -0.25) is 4.79 Å². The highest BCUT2D eigenvalue weighted by atomic mass is 16.5. The molecule has 1 aromatic heterocycles. The van der Waals surface area contributed by atoms with Crippen LogP contribution < -0.4 is 20.1 Å². The fourth-order valence-electron chi connectivity index (χ4n) is 3.27. The van der Waals surface area contributed by atoms with Crippen LogP contribution in [0.15, 0.2) is 54.7 Å². The van der Waals surface area contributed by atoms with E-state index in [1.807, 2.05) is 30.5 Å². The molecule has 0 saturated heterocycles. The molecule has 0 bridgehead atoms. The van der Waals surface area contributed by atoms with Crippen LogP contribution in [0.2, 0.25) is 0 Å². The normalized spacial score (nSPS) is 14.6. The number of ether oxygens (including phenoxy) is 1. The number of fused-ring (bicyclic) bond motifs is 2. The fraction of sp³-hybridized carbons (Fsp3) is 0.304. The van der Waals surface area contributed by atoms with Gasteiger partial charge in [-0.2, -0.15) is 0 Å². The van der Waals surface area contributed by atoms with E-state index in [0.717, 1.165) is 36.2 Å². The maximum absolute atomic E-state index is 12.8. The topological polar surface area (TPSA) is 125 Å². The predicted octanol–water partition coefficient (Wildman–Crippen LogP) is -2.54. The number of quaternary nitrogens is 1. The van der Waals surface area contributed by atoms with Crippen molar-refractivity contribution in [3.8, 4) is 0 Å². The van der Waals surface area contributed by atoms with Crippen molar-refractivity contribution < 1.29 is 39.2 Å². The largest absolute Gasteiger partial charge is 0.545 e. The molecule has 1 aromatic carbocycles. The van der Waals surface area contributed by atoms with Crippen molar-refractivity contribution in [3.63, 3.8) is 0 Å². The Bertz CT molecular complexity index is 891. The van der Waals surface area contributed by atoms with Crippen molar-refractivity contribution in [2.75, 3.05) is 27.2 Å². The minimum Gasteiger partial charge on any atom is -0.545 e. The standard InChI is InChI=1S/C19H22N2O2.C4H4O4/c1-21(2)12-13-23-19(22)18-15-7-4-3-6-14(15)9-10-17-16(18)8-5-11-20-17;5-3(6)1-2-4(7)8/h3-8,11,18H,9-10,12-13H2,1-2H3;1-2H,(H,5,6)(H,7,8)/b;2-1-. The zero-order chi connectivity index (χ0) is 22.8. The lowest BCUT2D eigenvalue weighted by molar-refractivity contribution is -0.858. The lowest BCUT2D eigenvalue weighted by Gasteiger charge is -2.17. The zero-order valence-electron chi connectivity index (χ0n) is 17.6. The van der Waals surface area contributed by atoms with Crippen LogP contribution in [0.1, 0.15) is 28.3 Å². The van der Waals surface area contributed by atoms with Gasteiger partial charge in [-0.15, -0.1) is 0 Å². The molecule has 1 aliphatic rings. The Labute approximate surface area is 180 Å². The molecule has 2 N–H and O–H groups in total. The first-order valence-corrected chi connectivity index (χ1v) is 9.92. The number of aromatic nitrogens is 1. The fourth-order valence-corrected chi connectivity index (χ4v) is 3.27. The first-order chi connectivity index (χ1) is 14.8. The Balaban J connectivity index is 0.000000366. The molecule has 8 nitrogen and oxygen atoms in total. The van der Waals surface area contributed by atoms with E-state index >= 15 is 0 Å². The van der Waals surface area contributed by atoms with Crippen LogP contribution in [0.25, 0.3) is 0 Å². The molecule has 0 saturated carbocycles. The lowest BCUT2D eigenvalue weighted by Crippen LogP contribution is -3.06. The first kappa shape index (κ1) is 23.8. The average molecular weight is 426 g/mol. The van der Waals surface area contributed by atoms with Crippen LogP contribution >= 0.6 is 0 Å². The molecule has 8 heteroatoms. The number of likely N-dealkylation sites (N-methyl/N-ethyl adjacent to an activating group) is 1. The second-order valence-electron chi connectivity index (χ2n) is 7.33. The van der Waals surface area contributed by atoms with Crippen molar-refractivity contribution in [2.24, 2.45) is 0 Å². The first-order valence-electron chi connectivity index (χ1n) is 9.92. The lowest BCUT2D eigenvalue weighted by atomic mass is 9.89. The Morgan fingerprint density at radius 2 is 1.68 bits per heavy atom. The molecule has 0 radical (unpaired) electrons. The Kier molecular flexibility index (Phi) is 8.90. The van der Waals surface area contributed by atoms with E-state index in [1.54, 1.807) is 0 Å². The third-order valence-electron chi connectivity index (χ3n) is 4.74. The SMILES string of the molecule is C[NH+](C)CCOC(=O)C1c2ccccc2CCc2[nH+]cccc21.O=C([O-])/C=C\C(=O)[O-]. The summed E-state index contributed by atoms with van der Waals surface area (Å²) in [6, 6.07) is 12.2. The number of aryl methyl sites for hydroxylation is 2. The molecule has 1 heterocycles. The summed E-state index contributed by atoms with van der Waals surface area (Å²) < 4.78 is 5.59. The summed E-state index contributed by atoms with van der Waals surface area (Å²) in [4.78, 5) is 36.2. The molecule has 1 unspecified atom stereocenters. The van der Waals surface area contributed by atoms with Gasteiger partial charge in [0, 0.05) is 18.1 Å². The van der Waals surface area contributed by atoms with E-state index in [-0.39, 0.29) is 11.9 Å². The number of hydrogen-bond donors (Lipinski definition) is 1. The molecule has 0 fully saturated rings. The van der Waals surface area contributed by atoms with Crippen LogP contribution in [0, 0.1) is 0 Å². The van der Waals surface area contributed by atoms with Gasteiger partial charge in [-0.1, -0.05) is 24.3 Å². The van der Waals surface area contributed by atoms with E-state index in [1.165, 1.54) is 10.5 Å². The van der Waals surface area contributed by atoms with Crippen molar-refractivity contribution >= 4 is 17.9 Å². The number of H-pyrrole nitrogens is 1. The molecular weight excluding hydrogens is 400 g/mol. The number of hydrogen-bond acceptors (Lipinski definition) is 6. The molecule has 0 aliphatic heterocycles. The Hall–Kier alpha value is -3.52. The second kappa shape index (κ2) is 11.6. The van der Waals surface area contributed by atoms with E-state index in [2.05, 4.69) is 31.2 Å². The van der Waals surface area contributed by atoms with Gasteiger partial charge in [0.25, 0.3) is 0 Å². The number of aromatic amines is 1. The van der Waals surface area contributed by atoms with Crippen molar-refractivity contribution in [1.82, 2.24) is 0 Å². The van der Waals surface area contributed by atoms with Crippen molar-refractivity contribution in [3.05, 3.63) is 77.1 Å². The van der Waals surface area contributed by atoms with E-state index < -0.39 is 11.9 Å². The van der Waals surface area contributed by atoms with Crippen LogP contribution in [-0.2, 0) is 32.0 Å². The van der Waals surface area contributed by atoms with Gasteiger partial charge in [0.05, 0.1) is 26.0 Å². The van der Waals surface area contributed by atoms with Crippen LogP contribution in [0.5, 0.6) is 0 Å². The number of nitrogens with one attached hydrogen (secondary N) is 2. The summed E-state index contributed by atoms with van der Waals surface area (Å²) in [5, 5.41) is 18.8. The number of carboxylic acids is 2. The van der Waals surface area contributed by atoms with Gasteiger partial charge in [-0.05, 0) is 35.8 Å². The summed E-state index contributed by atoms with van der Waals surface area (Å²) in [6.07, 6.45) is 4.55. The number of carbonyl (C=O) groups is 3. The quantitative estimate of drug-likeness (QED) is 0.401. The molecular formula is C23H26N2O6. The molecule has 3 rings (SSSR count). The minimum atomic E-state index is -1.55. The van der Waals surface area contributed by atoms with Crippen LogP contribution in [0.4, 0.5) is 0 Å². The number of benzene rings is 1. The highest BCUT2D eigenvalue weighted by Gasteiger charge is 2.33. The molecule has 1 atom stereocenters. The number of pyridine rings is 1. The monoisotopic (exact) mass is 426 g/mol. The van der Waals surface area contributed by atoms with Crippen molar-refractivity contribution in [2.45, 2.75) is 18.8 Å². The number of esters is 1. The third-order valence-corrected chi connectivity index (χ3v) is 4.74. The highest BCUT2D eigenvalue weighted by molar-refractivity contribution is 5.87. The smallest absolute Gasteiger partial charge is 0.318 e. The van der Waals surface area contributed by atoms with Gasteiger partial charge in [0.1, 0.15) is 19.1 Å². The summed E-state index contributed by atoms with van der Waals surface area (Å²) in [7, 11) is 4.11. The van der Waals surface area contributed by atoms with E-state index in [9.17, 15) is 24.6 Å². The van der Waals surface area contributed by atoms with Gasteiger partial charge in [0.15, 0.2) is 11.9 Å². The van der Waals surface area contributed by atoms with E-state index in [0.29, 0.717) is 18.8 Å². The maximum atomic E-state index is 12.8. The molecule has 1 aliphatic carbocycles. The summed E-state index contributed by atoms with van der Waals surface area (Å²) in [5.74, 6) is -3.58. The summed E-state index contributed by atoms with van der Waals surface area (Å²) in [5.41, 5.74) is 4.48. The number of rotatable bonds is 6. The van der Waals surface area contributed by atoms with Crippen molar-refractivity contribution in [1.29, 1.82) is 0 Å². The molecule has 31 heavy (non-hydrogen) atoms. The highest BCUT2D eigenvalue weighted by Crippen LogP contribution is 2.33.